The van der Waals surface area contributed by atoms with Crippen LogP contribution in [0.3, 0.4) is 0 Å². The van der Waals surface area contributed by atoms with E-state index in [1.54, 1.807) is 18.2 Å². The summed E-state index contributed by atoms with van der Waals surface area (Å²) in [5.74, 6) is 0.728. The Morgan fingerprint density at radius 2 is 1.96 bits per heavy atom. The first-order valence-electron chi connectivity index (χ1n) is 8.47. The molecular formula is C19H25F2IN4O. The quantitative estimate of drug-likeness (QED) is 0.348. The molecule has 8 heteroatoms. The first kappa shape index (κ1) is 23.1. The molecule has 1 heterocycles. The Hall–Kier alpha value is -1.97. The summed E-state index contributed by atoms with van der Waals surface area (Å²) in [6.07, 6.45) is 0. The lowest BCUT2D eigenvalue weighted by Gasteiger charge is -2.13. The number of nitrogens with one attached hydrogen (secondary N) is 2. The average molecular weight is 490 g/mol. The Morgan fingerprint density at radius 3 is 2.63 bits per heavy atom. The molecule has 0 aliphatic carbocycles. The van der Waals surface area contributed by atoms with E-state index in [0.717, 1.165) is 17.0 Å². The van der Waals surface area contributed by atoms with Crippen molar-refractivity contribution in [3.8, 4) is 5.75 Å². The third-order valence-corrected chi connectivity index (χ3v) is 3.57. The van der Waals surface area contributed by atoms with Gasteiger partial charge in [0.1, 0.15) is 5.75 Å². The first-order chi connectivity index (χ1) is 12.5. The molecular weight excluding hydrogens is 465 g/mol. The predicted octanol–water partition coefficient (Wildman–Crippen LogP) is 4.17. The monoisotopic (exact) mass is 490 g/mol. The molecule has 27 heavy (non-hydrogen) atoms. The van der Waals surface area contributed by atoms with Gasteiger partial charge in [-0.1, -0.05) is 23.8 Å². The minimum Gasteiger partial charge on any atom is -0.434 e. The number of benzene rings is 1. The van der Waals surface area contributed by atoms with E-state index in [1.165, 1.54) is 0 Å². The van der Waals surface area contributed by atoms with E-state index in [9.17, 15) is 8.78 Å². The van der Waals surface area contributed by atoms with Gasteiger partial charge in [-0.25, -0.2) is 4.99 Å². The molecule has 0 spiro atoms. The van der Waals surface area contributed by atoms with Gasteiger partial charge in [0.05, 0.1) is 18.8 Å². The largest absolute Gasteiger partial charge is 0.434 e. The first-order valence-corrected chi connectivity index (χ1v) is 8.47. The minimum absolute atomic E-state index is 0. The van der Waals surface area contributed by atoms with Gasteiger partial charge in [-0.15, -0.1) is 24.0 Å². The van der Waals surface area contributed by atoms with Crippen LogP contribution in [0.15, 0.2) is 41.4 Å². The topological polar surface area (TPSA) is 58.5 Å². The maximum atomic E-state index is 12.6. The highest BCUT2D eigenvalue weighted by Crippen LogP contribution is 2.22. The highest BCUT2D eigenvalue weighted by molar-refractivity contribution is 14.0. The molecule has 0 atom stereocenters. The van der Waals surface area contributed by atoms with E-state index in [0.29, 0.717) is 24.6 Å². The second-order valence-corrected chi connectivity index (χ2v) is 5.81. The van der Waals surface area contributed by atoms with Crippen molar-refractivity contribution in [2.45, 2.75) is 40.5 Å². The molecule has 0 radical (unpaired) electrons. The van der Waals surface area contributed by atoms with Crippen LogP contribution >= 0.6 is 24.0 Å². The van der Waals surface area contributed by atoms with Crippen molar-refractivity contribution < 1.29 is 13.5 Å². The summed E-state index contributed by atoms with van der Waals surface area (Å²) < 4.78 is 29.7. The lowest BCUT2D eigenvalue weighted by Crippen LogP contribution is -2.37. The van der Waals surface area contributed by atoms with Crippen molar-refractivity contribution in [3.63, 3.8) is 0 Å². The number of aromatic nitrogens is 1. The summed E-state index contributed by atoms with van der Waals surface area (Å²) >= 11 is 0. The Kier molecular flexibility index (Phi) is 9.98. The molecule has 1 aromatic heterocycles. The van der Waals surface area contributed by atoms with E-state index in [4.69, 9.17) is 0 Å². The number of guanidine groups is 1. The number of aryl methyl sites for hydroxylation is 2. The van der Waals surface area contributed by atoms with Crippen molar-refractivity contribution in [3.05, 3.63) is 58.9 Å². The number of ether oxygens (including phenoxy) is 1. The van der Waals surface area contributed by atoms with Gasteiger partial charge in [0.15, 0.2) is 5.96 Å². The zero-order valence-electron chi connectivity index (χ0n) is 15.6. The summed E-state index contributed by atoms with van der Waals surface area (Å²) in [6, 6.07) is 10.9. The van der Waals surface area contributed by atoms with Gasteiger partial charge in [0, 0.05) is 17.8 Å². The van der Waals surface area contributed by atoms with Crippen molar-refractivity contribution in [2.75, 3.05) is 6.54 Å². The third kappa shape index (κ3) is 8.06. The van der Waals surface area contributed by atoms with Crippen molar-refractivity contribution in [1.82, 2.24) is 15.6 Å². The molecule has 0 saturated heterocycles. The van der Waals surface area contributed by atoms with E-state index in [2.05, 4.69) is 25.3 Å². The predicted molar refractivity (Wildman–Crippen MR) is 114 cm³/mol. The van der Waals surface area contributed by atoms with Crippen LogP contribution in [-0.2, 0) is 13.1 Å². The molecule has 0 aliphatic heterocycles. The number of nitrogens with zero attached hydrogens (tertiary/aromatic N) is 2. The highest BCUT2D eigenvalue weighted by Gasteiger charge is 2.10. The van der Waals surface area contributed by atoms with Gasteiger partial charge in [0.2, 0.25) is 0 Å². The number of hydrogen-bond donors (Lipinski definition) is 2. The second-order valence-electron chi connectivity index (χ2n) is 5.81. The highest BCUT2D eigenvalue weighted by atomic mass is 127. The Bertz CT molecular complexity index is 756. The molecule has 0 unspecified atom stereocenters. The molecule has 2 aromatic rings. The van der Waals surface area contributed by atoms with Crippen LogP contribution in [0.1, 0.15) is 29.4 Å². The lowest BCUT2D eigenvalue weighted by molar-refractivity contribution is -0.0504. The Balaban J connectivity index is 0.00000364. The second kappa shape index (κ2) is 11.7. The van der Waals surface area contributed by atoms with Crippen molar-refractivity contribution in [1.29, 1.82) is 0 Å². The fourth-order valence-electron chi connectivity index (χ4n) is 2.42. The molecule has 1 aromatic carbocycles. The van der Waals surface area contributed by atoms with Crippen LogP contribution in [0.25, 0.3) is 0 Å². The number of halogens is 3. The van der Waals surface area contributed by atoms with Gasteiger partial charge < -0.3 is 15.4 Å². The van der Waals surface area contributed by atoms with Gasteiger partial charge in [-0.3, -0.25) is 4.98 Å². The van der Waals surface area contributed by atoms with Crippen LogP contribution in [0.4, 0.5) is 8.78 Å². The van der Waals surface area contributed by atoms with E-state index >= 15 is 0 Å². The average Bonchev–Trinajstić information content (AvgIpc) is 2.59. The number of rotatable bonds is 7. The van der Waals surface area contributed by atoms with E-state index in [1.807, 2.05) is 39.0 Å². The molecule has 0 fully saturated rings. The fraction of sp³-hybridized carbons (Fsp3) is 0.368. The van der Waals surface area contributed by atoms with Crippen molar-refractivity contribution >= 4 is 29.9 Å². The third-order valence-electron chi connectivity index (χ3n) is 3.57. The van der Waals surface area contributed by atoms with Gasteiger partial charge in [-0.2, -0.15) is 8.78 Å². The Labute approximate surface area is 175 Å². The SMILES string of the molecule is CCNC(=NCc1cc(C)ccc1OC(F)F)NCc1cccc(C)n1.I. The molecule has 5 nitrogen and oxygen atoms in total. The summed E-state index contributed by atoms with van der Waals surface area (Å²) in [5, 5.41) is 6.33. The Morgan fingerprint density at radius 1 is 1.19 bits per heavy atom. The van der Waals surface area contributed by atoms with Gasteiger partial charge in [0.25, 0.3) is 0 Å². The summed E-state index contributed by atoms with van der Waals surface area (Å²) in [5.41, 5.74) is 3.41. The lowest BCUT2D eigenvalue weighted by atomic mass is 10.1. The number of hydrogen-bond acceptors (Lipinski definition) is 3. The molecule has 0 bridgehead atoms. The maximum absolute atomic E-state index is 12.6. The smallest absolute Gasteiger partial charge is 0.387 e. The molecule has 0 saturated carbocycles. The van der Waals surface area contributed by atoms with E-state index in [-0.39, 0.29) is 36.3 Å². The fourth-order valence-corrected chi connectivity index (χ4v) is 2.42. The van der Waals surface area contributed by atoms with E-state index < -0.39 is 6.61 Å². The summed E-state index contributed by atoms with van der Waals surface area (Å²) in [7, 11) is 0. The van der Waals surface area contributed by atoms with Crippen molar-refractivity contribution in [2.24, 2.45) is 4.99 Å². The summed E-state index contributed by atoms with van der Waals surface area (Å²) in [4.78, 5) is 8.91. The summed E-state index contributed by atoms with van der Waals surface area (Å²) in [6.45, 7) is 4.35. The normalized spacial score (nSPS) is 11.1. The van der Waals surface area contributed by atoms with Crippen LogP contribution < -0.4 is 15.4 Å². The number of aliphatic imine (C=N–C) groups is 1. The zero-order valence-corrected chi connectivity index (χ0v) is 18.0. The molecule has 2 N–H and O–H groups in total. The standard InChI is InChI=1S/C19H24F2N4O.HI/c1-4-22-19(24-12-16-7-5-6-14(3)25-16)23-11-15-10-13(2)8-9-17(15)26-18(20)21;/h5-10,18H,4,11-12H2,1-3H3,(H2,22,23,24);1H. The molecule has 2 rings (SSSR count). The molecule has 0 amide bonds. The van der Waals surface area contributed by atoms with Crippen LogP contribution in [0, 0.1) is 13.8 Å². The molecule has 148 valence electrons. The minimum atomic E-state index is -2.86. The number of alkyl halides is 2. The van der Waals surface area contributed by atoms with Crippen LogP contribution in [-0.4, -0.2) is 24.1 Å². The maximum Gasteiger partial charge on any atom is 0.387 e. The van der Waals surface area contributed by atoms with Gasteiger partial charge in [-0.05, 0) is 39.0 Å². The van der Waals surface area contributed by atoms with Gasteiger partial charge >= 0.3 is 6.61 Å². The van der Waals surface area contributed by atoms with Crippen LogP contribution in [0.5, 0.6) is 5.75 Å². The molecule has 0 aliphatic rings. The number of pyridine rings is 1. The van der Waals surface area contributed by atoms with Crippen LogP contribution in [0.2, 0.25) is 0 Å². The zero-order chi connectivity index (χ0) is 18.9.